The molecule has 1 saturated heterocycles. The summed E-state index contributed by atoms with van der Waals surface area (Å²) in [6, 6.07) is 18.5. The number of fused-ring (bicyclic) bond motifs is 1. The van der Waals surface area contributed by atoms with Crippen LogP contribution in [0.25, 0.3) is 10.8 Å². The summed E-state index contributed by atoms with van der Waals surface area (Å²) in [7, 11) is -5.87. The summed E-state index contributed by atoms with van der Waals surface area (Å²) in [5.74, 6) is 0.563. The second kappa shape index (κ2) is 6.88. The average molecular weight is 418 g/mol. The minimum absolute atomic E-state index is 0.0556. The Morgan fingerprint density at radius 3 is 2.18 bits per heavy atom. The number of hydrogen-bond acceptors (Lipinski definition) is 5. The lowest BCUT2D eigenvalue weighted by Gasteiger charge is -2.37. The van der Waals surface area contributed by atoms with Crippen molar-refractivity contribution in [2.45, 2.75) is 15.0 Å². The number of benzene rings is 3. The molecule has 0 radical (unpaired) electrons. The number of nitrogens with zero attached hydrogens (tertiary/aromatic N) is 1. The van der Waals surface area contributed by atoms with E-state index >= 15 is 0 Å². The van der Waals surface area contributed by atoms with Gasteiger partial charge in [0.1, 0.15) is 5.75 Å². The molecular formula is C20H19NO5S2. The van der Waals surface area contributed by atoms with Crippen molar-refractivity contribution in [3.63, 3.8) is 0 Å². The maximum atomic E-state index is 13.0. The highest BCUT2D eigenvalue weighted by Gasteiger charge is 2.44. The zero-order valence-electron chi connectivity index (χ0n) is 15.1. The van der Waals surface area contributed by atoms with Crippen molar-refractivity contribution in [3.8, 4) is 5.75 Å². The van der Waals surface area contributed by atoms with E-state index in [4.69, 9.17) is 4.74 Å². The van der Waals surface area contributed by atoms with Gasteiger partial charge in [0.15, 0.2) is 9.84 Å². The molecule has 0 atom stereocenters. The van der Waals surface area contributed by atoms with Crippen LogP contribution in [0.2, 0.25) is 0 Å². The molecule has 1 fully saturated rings. The molecule has 0 aliphatic carbocycles. The molecule has 3 aromatic carbocycles. The fraction of sp³-hybridized carbons (Fsp3) is 0.200. The van der Waals surface area contributed by atoms with Crippen LogP contribution in [0.3, 0.4) is 0 Å². The third kappa shape index (κ3) is 3.07. The first-order valence-corrected chi connectivity index (χ1v) is 11.7. The van der Waals surface area contributed by atoms with Crippen molar-refractivity contribution in [2.24, 2.45) is 0 Å². The van der Waals surface area contributed by atoms with Gasteiger partial charge in [-0.15, -0.1) is 0 Å². The van der Waals surface area contributed by atoms with Crippen LogP contribution in [-0.2, 0) is 19.9 Å². The van der Waals surface area contributed by atoms with E-state index in [2.05, 4.69) is 0 Å². The standard InChI is InChI=1S/C20H19NO5S2/c1-26-16-9-11-17(12-10-16)27(22,23)18-13-21(14-18)28(24,25)20-8-4-6-15-5-2-3-7-19(15)20/h2-12,18H,13-14H2,1H3. The molecule has 0 aromatic heterocycles. The van der Waals surface area contributed by atoms with E-state index in [1.165, 1.54) is 23.5 Å². The number of methoxy groups -OCH3 is 1. The Labute approximate surface area is 164 Å². The molecule has 0 amide bonds. The lowest BCUT2D eigenvalue weighted by atomic mass is 10.1. The van der Waals surface area contributed by atoms with Gasteiger partial charge in [0, 0.05) is 18.5 Å². The zero-order valence-corrected chi connectivity index (χ0v) is 16.8. The maximum absolute atomic E-state index is 13.0. The Kier molecular flexibility index (Phi) is 4.65. The van der Waals surface area contributed by atoms with Crippen molar-refractivity contribution in [3.05, 3.63) is 66.7 Å². The van der Waals surface area contributed by atoms with Gasteiger partial charge in [-0.25, -0.2) is 16.8 Å². The summed E-state index contributed by atoms with van der Waals surface area (Å²) in [6.45, 7) is -0.111. The molecule has 0 bridgehead atoms. The number of hydrogen-bond donors (Lipinski definition) is 0. The second-order valence-corrected chi connectivity index (χ2v) is 10.8. The molecular weight excluding hydrogens is 398 g/mol. The zero-order chi connectivity index (χ0) is 19.9. The highest BCUT2D eigenvalue weighted by Crippen LogP contribution is 2.32. The largest absolute Gasteiger partial charge is 0.497 e. The van der Waals surface area contributed by atoms with Gasteiger partial charge >= 0.3 is 0 Å². The highest BCUT2D eigenvalue weighted by molar-refractivity contribution is 7.92. The highest BCUT2D eigenvalue weighted by atomic mass is 32.2. The predicted molar refractivity (Wildman–Crippen MR) is 107 cm³/mol. The number of sulfonamides is 1. The average Bonchev–Trinajstić information content (AvgIpc) is 2.66. The Morgan fingerprint density at radius 1 is 0.857 bits per heavy atom. The van der Waals surface area contributed by atoms with Gasteiger partial charge in [0.05, 0.1) is 22.2 Å². The lowest BCUT2D eigenvalue weighted by molar-refractivity contribution is 0.310. The molecule has 146 valence electrons. The van der Waals surface area contributed by atoms with Gasteiger partial charge in [-0.2, -0.15) is 4.31 Å². The van der Waals surface area contributed by atoms with Gasteiger partial charge in [-0.1, -0.05) is 36.4 Å². The summed E-state index contributed by atoms with van der Waals surface area (Å²) >= 11 is 0. The van der Waals surface area contributed by atoms with Crippen LogP contribution in [0.4, 0.5) is 0 Å². The van der Waals surface area contributed by atoms with E-state index in [-0.39, 0.29) is 22.9 Å². The smallest absolute Gasteiger partial charge is 0.243 e. The normalized spacial score (nSPS) is 16.0. The third-order valence-corrected chi connectivity index (χ3v) is 9.00. The number of ether oxygens (including phenoxy) is 1. The molecule has 1 aliphatic heterocycles. The van der Waals surface area contributed by atoms with Crippen LogP contribution in [-0.4, -0.2) is 46.6 Å². The van der Waals surface area contributed by atoms with Gasteiger partial charge < -0.3 is 4.74 Å². The number of rotatable bonds is 5. The molecule has 0 unspecified atom stereocenters. The molecule has 0 saturated carbocycles. The van der Waals surface area contributed by atoms with E-state index in [1.54, 1.807) is 36.4 Å². The Bertz CT molecular complexity index is 1220. The molecule has 0 N–H and O–H groups in total. The lowest BCUT2D eigenvalue weighted by Crippen LogP contribution is -2.56. The Balaban J connectivity index is 1.58. The molecule has 4 rings (SSSR count). The summed E-state index contributed by atoms with van der Waals surface area (Å²) < 4.78 is 57.9. The quantitative estimate of drug-likeness (QED) is 0.638. The fourth-order valence-corrected chi connectivity index (χ4v) is 6.90. The molecule has 28 heavy (non-hydrogen) atoms. The van der Waals surface area contributed by atoms with Crippen molar-refractivity contribution in [1.29, 1.82) is 0 Å². The fourth-order valence-electron chi connectivity index (χ4n) is 3.31. The minimum Gasteiger partial charge on any atom is -0.497 e. The number of sulfone groups is 1. The van der Waals surface area contributed by atoms with E-state index in [9.17, 15) is 16.8 Å². The van der Waals surface area contributed by atoms with Crippen molar-refractivity contribution >= 4 is 30.6 Å². The van der Waals surface area contributed by atoms with Gasteiger partial charge in [0.25, 0.3) is 0 Å². The third-order valence-electron chi connectivity index (χ3n) is 5.01. The maximum Gasteiger partial charge on any atom is 0.243 e. The summed E-state index contributed by atoms with van der Waals surface area (Å²) in [6.07, 6.45) is 0. The summed E-state index contributed by atoms with van der Waals surface area (Å²) in [5, 5.41) is 0.698. The van der Waals surface area contributed by atoms with E-state index in [0.717, 1.165) is 5.39 Å². The minimum atomic E-state index is -3.77. The first-order valence-electron chi connectivity index (χ1n) is 8.70. The second-order valence-electron chi connectivity index (χ2n) is 6.64. The van der Waals surface area contributed by atoms with Crippen LogP contribution < -0.4 is 4.74 Å². The predicted octanol–water partition coefficient (Wildman–Crippen LogP) is 2.70. The molecule has 0 spiro atoms. The van der Waals surface area contributed by atoms with E-state index < -0.39 is 25.1 Å². The van der Waals surface area contributed by atoms with Gasteiger partial charge in [0.2, 0.25) is 10.0 Å². The van der Waals surface area contributed by atoms with Crippen LogP contribution in [0.5, 0.6) is 5.75 Å². The van der Waals surface area contributed by atoms with Crippen LogP contribution in [0, 0.1) is 0 Å². The van der Waals surface area contributed by atoms with Crippen molar-refractivity contribution < 1.29 is 21.6 Å². The topological polar surface area (TPSA) is 80.8 Å². The van der Waals surface area contributed by atoms with Crippen LogP contribution in [0.15, 0.2) is 76.5 Å². The summed E-state index contributed by atoms with van der Waals surface area (Å²) in [5.41, 5.74) is 0. The van der Waals surface area contributed by atoms with Crippen molar-refractivity contribution in [1.82, 2.24) is 4.31 Å². The van der Waals surface area contributed by atoms with E-state index in [0.29, 0.717) is 11.1 Å². The van der Waals surface area contributed by atoms with Gasteiger partial charge in [-0.3, -0.25) is 0 Å². The first-order chi connectivity index (χ1) is 13.3. The Morgan fingerprint density at radius 2 is 1.50 bits per heavy atom. The SMILES string of the molecule is COc1ccc(S(=O)(=O)C2CN(S(=O)(=O)c3cccc4ccccc34)C2)cc1. The van der Waals surface area contributed by atoms with Crippen LogP contribution >= 0.6 is 0 Å². The summed E-state index contributed by atoms with van der Waals surface area (Å²) in [4.78, 5) is 0.367. The molecule has 3 aromatic rings. The first kappa shape index (κ1) is 18.9. The molecule has 8 heteroatoms. The monoisotopic (exact) mass is 417 g/mol. The van der Waals surface area contributed by atoms with Crippen LogP contribution in [0.1, 0.15) is 0 Å². The molecule has 1 heterocycles. The Hall–Kier alpha value is -2.42. The molecule has 1 aliphatic rings. The van der Waals surface area contributed by atoms with Crippen molar-refractivity contribution in [2.75, 3.05) is 20.2 Å². The van der Waals surface area contributed by atoms with Gasteiger partial charge in [-0.05, 0) is 35.7 Å². The van der Waals surface area contributed by atoms with E-state index in [1.807, 2.05) is 18.2 Å². The molecule has 6 nitrogen and oxygen atoms in total.